The lowest BCUT2D eigenvalue weighted by atomic mass is 10.0. The van der Waals surface area contributed by atoms with Crippen LogP contribution in [-0.4, -0.2) is 56.0 Å². The van der Waals surface area contributed by atoms with Crippen molar-refractivity contribution >= 4 is 15.9 Å². The highest BCUT2D eigenvalue weighted by Gasteiger charge is 2.29. The molecule has 0 atom stereocenters. The average Bonchev–Trinajstić information content (AvgIpc) is 2.47. The SMILES string of the molecule is Cc1ccc(C)c(C(=O)N2CCC(N(C)S(C)(=O)=O)CC2)c1. The van der Waals surface area contributed by atoms with Gasteiger partial charge in [0.2, 0.25) is 10.0 Å². The summed E-state index contributed by atoms with van der Waals surface area (Å²) in [7, 11) is -1.56. The highest BCUT2D eigenvalue weighted by atomic mass is 32.2. The Morgan fingerprint density at radius 2 is 1.82 bits per heavy atom. The van der Waals surface area contributed by atoms with Crippen LogP contribution in [0.25, 0.3) is 0 Å². The van der Waals surface area contributed by atoms with Crippen LogP contribution in [0.2, 0.25) is 0 Å². The number of piperidine rings is 1. The quantitative estimate of drug-likeness (QED) is 0.852. The maximum absolute atomic E-state index is 12.6. The predicted octanol–water partition coefficient (Wildman–Crippen LogP) is 1.80. The fourth-order valence-corrected chi connectivity index (χ4v) is 3.59. The molecule has 0 spiro atoms. The zero-order valence-corrected chi connectivity index (χ0v) is 14.5. The third kappa shape index (κ3) is 3.67. The lowest BCUT2D eigenvalue weighted by Gasteiger charge is -2.35. The number of carbonyl (C=O) groups is 1. The Labute approximate surface area is 133 Å². The molecule has 1 fully saturated rings. The monoisotopic (exact) mass is 324 g/mol. The van der Waals surface area contributed by atoms with E-state index in [-0.39, 0.29) is 11.9 Å². The zero-order chi connectivity index (χ0) is 16.5. The molecule has 0 N–H and O–H groups in total. The molecule has 0 radical (unpaired) electrons. The maximum atomic E-state index is 12.6. The van der Waals surface area contributed by atoms with Gasteiger partial charge in [-0.25, -0.2) is 12.7 Å². The number of rotatable bonds is 3. The minimum Gasteiger partial charge on any atom is -0.339 e. The summed E-state index contributed by atoms with van der Waals surface area (Å²) in [6, 6.07) is 5.87. The summed E-state index contributed by atoms with van der Waals surface area (Å²) in [5.74, 6) is 0.0432. The predicted molar refractivity (Wildman–Crippen MR) is 87.4 cm³/mol. The van der Waals surface area contributed by atoms with Crippen molar-refractivity contribution in [2.45, 2.75) is 32.7 Å². The van der Waals surface area contributed by atoms with Crippen molar-refractivity contribution in [1.29, 1.82) is 0 Å². The van der Waals surface area contributed by atoms with Gasteiger partial charge in [0.1, 0.15) is 0 Å². The first-order valence-electron chi connectivity index (χ1n) is 7.49. The molecule has 1 saturated heterocycles. The fourth-order valence-electron chi connectivity index (χ4n) is 2.84. The molecule has 1 aromatic rings. The second-order valence-electron chi connectivity index (χ2n) is 6.12. The standard InChI is InChI=1S/C16H24N2O3S/c1-12-5-6-13(2)15(11-12)16(19)18-9-7-14(8-10-18)17(3)22(4,20)21/h5-6,11,14H,7-10H2,1-4H3. The topological polar surface area (TPSA) is 57.7 Å². The first kappa shape index (κ1) is 17.0. The van der Waals surface area contributed by atoms with E-state index < -0.39 is 10.0 Å². The molecule has 22 heavy (non-hydrogen) atoms. The summed E-state index contributed by atoms with van der Waals surface area (Å²) in [6.07, 6.45) is 2.58. The smallest absolute Gasteiger partial charge is 0.254 e. The number of benzene rings is 1. The summed E-state index contributed by atoms with van der Waals surface area (Å²) in [5, 5.41) is 0. The molecule has 1 aliphatic heterocycles. The Kier molecular flexibility index (Phi) is 4.92. The van der Waals surface area contributed by atoms with Gasteiger partial charge >= 0.3 is 0 Å². The van der Waals surface area contributed by atoms with Crippen molar-refractivity contribution in [2.24, 2.45) is 0 Å². The van der Waals surface area contributed by atoms with Gasteiger partial charge in [-0.1, -0.05) is 17.7 Å². The minimum atomic E-state index is -3.17. The molecule has 0 unspecified atom stereocenters. The van der Waals surface area contributed by atoms with Gasteiger partial charge in [0.15, 0.2) is 0 Å². The van der Waals surface area contributed by atoms with E-state index in [1.54, 1.807) is 7.05 Å². The average molecular weight is 324 g/mol. The van der Waals surface area contributed by atoms with Crippen LogP contribution in [0.1, 0.15) is 34.3 Å². The molecular formula is C16H24N2O3S. The van der Waals surface area contributed by atoms with Crippen molar-refractivity contribution in [3.8, 4) is 0 Å². The Hall–Kier alpha value is -1.40. The highest BCUT2D eigenvalue weighted by Crippen LogP contribution is 2.21. The van der Waals surface area contributed by atoms with E-state index in [0.717, 1.165) is 16.7 Å². The lowest BCUT2D eigenvalue weighted by Crippen LogP contribution is -2.47. The van der Waals surface area contributed by atoms with Gasteiger partial charge in [-0.3, -0.25) is 4.79 Å². The molecule has 0 aromatic heterocycles. The Bertz CT molecular complexity index is 662. The van der Waals surface area contributed by atoms with Crippen molar-refractivity contribution in [1.82, 2.24) is 9.21 Å². The van der Waals surface area contributed by atoms with Crippen LogP contribution >= 0.6 is 0 Å². The third-order valence-electron chi connectivity index (χ3n) is 4.41. The van der Waals surface area contributed by atoms with Crippen LogP contribution in [0.4, 0.5) is 0 Å². The van der Waals surface area contributed by atoms with E-state index in [9.17, 15) is 13.2 Å². The highest BCUT2D eigenvalue weighted by molar-refractivity contribution is 7.88. The Morgan fingerprint density at radius 3 is 2.36 bits per heavy atom. The van der Waals surface area contributed by atoms with Crippen molar-refractivity contribution in [2.75, 3.05) is 26.4 Å². The zero-order valence-electron chi connectivity index (χ0n) is 13.7. The van der Waals surface area contributed by atoms with Crippen LogP contribution < -0.4 is 0 Å². The second-order valence-corrected chi connectivity index (χ2v) is 8.16. The molecule has 122 valence electrons. The summed E-state index contributed by atoms with van der Waals surface area (Å²) < 4.78 is 24.6. The fraction of sp³-hybridized carbons (Fsp3) is 0.562. The van der Waals surface area contributed by atoms with Gasteiger partial charge < -0.3 is 4.90 Å². The van der Waals surface area contributed by atoms with E-state index in [1.165, 1.54) is 10.6 Å². The van der Waals surface area contributed by atoms with Crippen LogP contribution in [0, 0.1) is 13.8 Å². The molecule has 0 bridgehead atoms. The van der Waals surface area contributed by atoms with Gasteiger partial charge in [-0.2, -0.15) is 0 Å². The summed E-state index contributed by atoms with van der Waals surface area (Å²) in [5.41, 5.74) is 2.79. The van der Waals surface area contributed by atoms with Crippen molar-refractivity contribution < 1.29 is 13.2 Å². The molecule has 0 saturated carbocycles. The molecule has 1 heterocycles. The minimum absolute atomic E-state index is 0.0161. The van der Waals surface area contributed by atoms with E-state index in [4.69, 9.17) is 0 Å². The van der Waals surface area contributed by atoms with Crippen LogP contribution in [0.5, 0.6) is 0 Å². The number of likely N-dealkylation sites (tertiary alicyclic amines) is 1. The molecule has 1 aliphatic rings. The Balaban J connectivity index is 2.05. The largest absolute Gasteiger partial charge is 0.339 e. The van der Waals surface area contributed by atoms with Gasteiger partial charge in [0.25, 0.3) is 5.91 Å². The van der Waals surface area contributed by atoms with Gasteiger partial charge in [0.05, 0.1) is 6.26 Å². The van der Waals surface area contributed by atoms with E-state index in [2.05, 4.69) is 0 Å². The number of nitrogens with zero attached hydrogens (tertiary/aromatic N) is 2. The van der Waals surface area contributed by atoms with Gasteiger partial charge in [-0.05, 0) is 38.3 Å². The summed E-state index contributed by atoms with van der Waals surface area (Å²) >= 11 is 0. The number of hydrogen-bond donors (Lipinski definition) is 0. The number of carbonyl (C=O) groups excluding carboxylic acids is 1. The van der Waals surface area contributed by atoms with Crippen molar-refractivity contribution in [3.05, 3.63) is 34.9 Å². The van der Waals surface area contributed by atoms with Crippen molar-refractivity contribution in [3.63, 3.8) is 0 Å². The van der Waals surface area contributed by atoms with Gasteiger partial charge in [0, 0.05) is 31.7 Å². The molecule has 0 aliphatic carbocycles. The number of hydrogen-bond acceptors (Lipinski definition) is 3. The molecule has 6 heteroatoms. The maximum Gasteiger partial charge on any atom is 0.254 e. The first-order valence-corrected chi connectivity index (χ1v) is 9.34. The molecule has 5 nitrogen and oxygen atoms in total. The first-order chi connectivity index (χ1) is 10.2. The Morgan fingerprint density at radius 1 is 1.23 bits per heavy atom. The normalized spacial score (nSPS) is 17.0. The molecular weight excluding hydrogens is 300 g/mol. The lowest BCUT2D eigenvalue weighted by molar-refractivity contribution is 0.0685. The summed E-state index contributed by atoms with van der Waals surface area (Å²) in [4.78, 5) is 14.5. The molecule has 1 aromatic carbocycles. The molecule has 2 rings (SSSR count). The number of aryl methyl sites for hydroxylation is 2. The van der Waals surface area contributed by atoms with Crippen LogP contribution in [0.3, 0.4) is 0 Å². The summed E-state index contributed by atoms with van der Waals surface area (Å²) in [6.45, 7) is 5.11. The number of sulfonamides is 1. The van der Waals surface area contributed by atoms with E-state index >= 15 is 0 Å². The van der Waals surface area contributed by atoms with E-state index in [0.29, 0.717) is 25.9 Å². The molecule has 1 amide bonds. The van der Waals surface area contributed by atoms with Gasteiger partial charge in [-0.15, -0.1) is 0 Å². The van der Waals surface area contributed by atoms with Crippen LogP contribution in [-0.2, 0) is 10.0 Å². The number of amides is 1. The van der Waals surface area contributed by atoms with E-state index in [1.807, 2.05) is 36.9 Å². The van der Waals surface area contributed by atoms with Crippen LogP contribution in [0.15, 0.2) is 18.2 Å². The third-order valence-corrected chi connectivity index (χ3v) is 5.76. The second kappa shape index (κ2) is 6.38.